The second kappa shape index (κ2) is 6.24. The SMILES string of the molecule is COCCNc1nccc2c(OC)cc(OC)cc12. The summed E-state index contributed by atoms with van der Waals surface area (Å²) in [6.45, 7) is 1.32. The van der Waals surface area contributed by atoms with E-state index in [0.29, 0.717) is 13.2 Å². The summed E-state index contributed by atoms with van der Waals surface area (Å²) in [5, 5.41) is 5.21. The van der Waals surface area contributed by atoms with Gasteiger partial charge < -0.3 is 19.5 Å². The van der Waals surface area contributed by atoms with Gasteiger partial charge in [0, 0.05) is 36.7 Å². The van der Waals surface area contributed by atoms with Gasteiger partial charge in [0.1, 0.15) is 17.3 Å². The van der Waals surface area contributed by atoms with Crippen LogP contribution in [0.25, 0.3) is 10.8 Å². The molecule has 0 aliphatic rings. The summed E-state index contributed by atoms with van der Waals surface area (Å²) < 4.78 is 15.7. The average Bonchev–Trinajstić information content (AvgIpc) is 2.46. The molecule has 5 nitrogen and oxygen atoms in total. The molecular weight excluding hydrogens is 244 g/mol. The van der Waals surface area contributed by atoms with E-state index >= 15 is 0 Å². The van der Waals surface area contributed by atoms with Gasteiger partial charge in [-0.15, -0.1) is 0 Å². The first-order chi connectivity index (χ1) is 9.30. The zero-order valence-corrected chi connectivity index (χ0v) is 11.4. The van der Waals surface area contributed by atoms with Gasteiger partial charge in [-0.1, -0.05) is 0 Å². The Morgan fingerprint density at radius 2 is 1.95 bits per heavy atom. The third-order valence-corrected chi connectivity index (χ3v) is 2.87. The van der Waals surface area contributed by atoms with Gasteiger partial charge in [-0.3, -0.25) is 0 Å². The van der Waals surface area contributed by atoms with Gasteiger partial charge in [-0.25, -0.2) is 4.98 Å². The molecule has 2 rings (SSSR count). The van der Waals surface area contributed by atoms with E-state index in [-0.39, 0.29) is 0 Å². The third-order valence-electron chi connectivity index (χ3n) is 2.87. The molecular formula is C14H18N2O3. The minimum Gasteiger partial charge on any atom is -0.497 e. The van der Waals surface area contributed by atoms with Crippen LogP contribution in [0.3, 0.4) is 0 Å². The molecule has 0 amide bonds. The van der Waals surface area contributed by atoms with Crippen LogP contribution in [0.2, 0.25) is 0 Å². The van der Waals surface area contributed by atoms with Crippen LogP contribution in [0.4, 0.5) is 5.82 Å². The lowest BCUT2D eigenvalue weighted by atomic mass is 10.1. The molecule has 0 saturated carbocycles. The normalized spacial score (nSPS) is 10.5. The van der Waals surface area contributed by atoms with Crippen molar-refractivity contribution in [2.75, 3.05) is 39.8 Å². The first-order valence-corrected chi connectivity index (χ1v) is 6.03. The van der Waals surface area contributed by atoms with Gasteiger partial charge in [0.15, 0.2) is 0 Å². The Morgan fingerprint density at radius 1 is 1.11 bits per heavy atom. The number of aromatic nitrogens is 1. The van der Waals surface area contributed by atoms with Crippen LogP contribution in [-0.2, 0) is 4.74 Å². The highest BCUT2D eigenvalue weighted by Crippen LogP contribution is 2.33. The first kappa shape index (κ1) is 13.4. The van der Waals surface area contributed by atoms with Crippen molar-refractivity contribution in [3.8, 4) is 11.5 Å². The van der Waals surface area contributed by atoms with Crippen molar-refractivity contribution in [1.82, 2.24) is 4.98 Å². The fourth-order valence-corrected chi connectivity index (χ4v) is 1.92. The predicted molar refractivity (Wildman–Crippen MR) is 75.2 cm³/mol. The number of ether oxygens (including phenoxy) is 3. The summed E-state index contributed by atoms with van der Waals surface area (Å²) in [4.78, 5) is 4.35. The van der Waals surface area contributed by atoms with Crippen molar-refractivity contribution in [2.24, 2.45) is 0 Å². The number of benzene rings is 1. The number of fused-ring (bicyclic) bond motifs is 1. The minimum absolute atomic E-state index is 0.624. The van der Waals surface area contributed by atoms with Gasteiger partial charge in [0.25, 0.3) is 0 Å². The summed E-state index contributed by atoms with van der Waals surface area (Å²) >= 11 is 0. The Balaban J connectivity index is 2.46. The molecule has 1 heterocycles. The lowest BCUT2D eigenvalue weighted by molar-refractivity contribution is 0.210. The van der Waals surface area contributed by atoms with Crippen LogP contribution < -0.4 is 14.8 Å². The molecule has 0 spiro atoms. The Bertz CT molecular complexity index is 558. The number of nitrogens with one attached hydrogen (secondary N) is 1. The highest BCUT2D eigenvalue weighted by molar-refractivity contribution is 5.97. The number of anilines is 1. The molecule has 2 aromatic rings. The third kappa shape index (κ3) is 2.88. The van der Waals surface area contributed by atoms with Crippen LogP contribution in [0.1, 0.15) is 0 Å². The van der Waals surface area contributed by atoms with Crippen molar-refractivity contribution in [3.05, 3.63) is 24.4 Å². The summed E-state index contributed by atoms with van der Waals surface area (Å²) in [6.07, 6.45) is 1.76. The lowest BCUT2D eigenvalue weighted by Crippen LogP contribution is -2.09. The van der Waals surface area contributed by atoms with Crippen molar-refractivity contribution in [1.29, 1.82) is 0 Å². The highest BCUT2D eigenvalue weighted by Gasteiger charge is 2.09. The molecule has 1 aromatic carbocycles. The van der Waals surface area contributed by atoms with Gasteiger partial charge >= 0.3 is 0 Å². The molecule has 1 aromatic heterocycles. The smallest absolute Gasteiger partial charge is 0.134 e. The number of nitrogens with zero attached hydrogens (tertiary/aromatic N) is 1. The van der Waals surface area contributed by atoms with Crippen LogP contribution in [0, 0.1) is 0 Å². The number of methoxy groups -OCH3 is 3. The largest absolute Gasteiger partial charge is 0.497 e. The maximum atomic E-state index is 5.39. The number of rotatable bonds is 6. The van der Waals surface area contributed by atoms with E-state index < -0.39 is 0 Å². The number of hydrogen-bond donors (Lipinski definition) is 1. The molecule has 0 saturated heterocycles. The number of hydrogen-bond acceptors (Lipinski definition) is 5. The second-order valence-electron chi connectivity index (χ2n) is 4.00. The molecule has 0 atom stereocenters. The molecule has 0 unspecified atom stereocenters. The maximum absolute atomic E-state index is 5.39. The van der Waals surface area contributed by atoms with Crippen molar-refractivity contribution in [3.63, 3.8) is 0 Å². The Hall–Kier alpha value is -2.01. The van der Waals surface area contributed by atoms with Gasteiger partial charge in [-0.2, -0.15) is 0 Å². The molecule has 1 N–H and O–H groups in total. The highest BCUT2D eigenvalue weighted by atomic mass is 16.5. The summed E-state index contributed by atoms with van der Waals surface area (Å²) in [5.74, 6) is 2.31. The van der Waals surface area contributed by atoms with E-state index in [1.54, 1.807) is 27.5 Å². The topological polar surface area (TPSA) is 52.6 Å². The van der Waals surface area contributed by atoms with Crippen molar-refractivity contribution < 1.29 is 14.2 Å². The van der Waals surface area contributed by atoms with Crippen LogP contribution in [0.5, 0.6) is 11.5 Å². The van der Waals surface area contributed by atoms with E-state index in [9.17, 15) is 0 Å². The van der Waals surface area contributed by atoms with Crippen LogP contribution >= 0.6 is 0 Å². The van der Waals surface area contributed by atoms with Crippen LogP contribution in [-0.4, -0.2) is 39.5 Å². The van der Waals surface area contributed by atoms with Crippen molar-refractivity contribution >= 4 is 16.6 Å². The van der Waals surface area contributed by atoms with Crippen LogP contribution in [0.15, 0.2) is 24.4 Å². The van der Waals surface area contributed by atoms with Gasteiger partial charge in [0.2, 0.25) is 0 Å². The summed E-state index contributed by atoms with van der Waals surface area (Å²) in [6, 6.07) is 5.73. The second-order valence-corrected chi connectivity index (χ2v) is 4.00. The maximum Gasteiger partial charge on any atom is 0.134 e. The molecule has 0 aliphatic heterocycles. The Labute approximate surface area is 112 Å². The Kier molecular flexibility index (Phi) is 4.41. The summed E-state index contributed by atoms with van der Waals surface area (Å²) in [7, 11) is 4.95. The monoisotopic (exact) mass is 262 g/mol. The van der Waals surface area contributed by atoms with E-state index in [1.807, 2.05) is 18.2 Å². The molecule has 0 bridgehead atoms. The summed E-state index contributed by atoms with van der Waals surface area (Å²) in [5.41, 5.74) is 0. The van der Waals surface area contributed by atoms with E-state index in [0.717, 1.165) is 28.1 Å². The molecule has 0 radical (unpaired) electrons. The quantitative estimate of drug-likeness (QED) is 0.810. The minimum atomic E-state index is 0.624. The molecule has 0 aliphatic carbocycles. The average molecular weight is 262 g/mol. The zero-order valence-electron chi connectivity index (χ0n) is 11.4. The van der Waals surface area contributed by atoms with E-state index in [1.165, 1.54) is 0 Å². The van der Waals surface area contributed by atoms with E-state index in [2.05, 4.69) is 10.3 Å². The van der Waals surface area contributed by atoms with Gasteiger partial charge in [-0.05, 0) is 12.1 Å². The molecule has 5 heteroatoms. The Morgan fingerprint density at radius 3 is 2.63 bits per heavy atom. The number of pyridine rings is 1. The fourth-order valence-electron chi connectivity index (χ4n) is 1.92. The molecule has 0 fully saturated rings. The first-order valence-electron chi connectivity index (χ1n) is 6.03. The van der Waals surface area contributed by atoms with E-state index in [4.69, 9.17) is 14.2 Å². The standard InChI is InChI=1S/C14H18N2O3/c1-17-7-6-16-14-12-8-10(18-2)9-13(19-3)11(12)4-5-15-14/h4-5,8-9H,6-7H2,1-3H3,(H,15,16). The lowest BCUT2D eigenvalue weighted by Gasteiger charge is -2.12. The fraction of sp³-hybridized carbons (Fsp3) is 0.357. The van der Waals surface area contributed by atoms with Gasteiger partial charge in [0.05, 0.1) is 20.8 Å². The molecule has 19 heavy (non-hydrogen) atoms. The molecule has 102 valence electrons. The van der Waals surface area contributed by atoms with Crippen molar-refractivity contribution in [2.45, 2.75) is 0 Å². The zero-order chi connectivity index (χ0) is 13.7. The predicted octanol–water partition coefficient (Wildman–Crippen LogP) is 2.31.